The lowest BCUT2D eigenvalue weighted by molar-refractivity contribution is -0.137. The second kappa shape index (κ2) is 4.70. The summed E-state index contributed by atoms with van der Waals surface area (Å²) in [6.45, 7) is 3.22. The van der Waals surface area contributed by atoms with E-state index in [-0.39, 0.29) is 31.3 Å². The zero-order valence-corrected chi connectivity index (χ0v) is 8.94. The van der Waals surface area contributed by atoms with Crippen molar-refractivity contribution in [3.8, 4) is 0 Å². The van der Waals surface area contributed by atoms with Crippen molar-refractivity contribution >= 4 is 11.7 Å². The van der Waals surface area contributed by atoms with Crippen molar-refractivity contribution in [1.82, 2.24) is 4.90 Å². The van der Waals surface area contributed by atoms with E-state index in [9.17, 15) is 14.0 Å². The van der Waals surface area contributed by atoms with Gasteiger partial charge in [0.1, 0.15) is 0 Å². The van der Waals surface area contributed by atoms with Crippen LogP contribution in [0.1, 0.15) is 20.3 Å². The molecule has 0 aliphatic carbocycles. The molecule has 5 heteroatoms. The van der Waals surface area contributed by atoms with E-state index in [0.29, 0.717) is 0 Å². The summed E-state index contributed by atoms with van der Waals surface area (Å²) in [5.74, 6) is -1.05. The third kappa shape index (κ3) is 2.34. The molecule has 0 aromatic carbocycles. The second-order valence-corrected chi connectivity index (χ2v) is 4.03. The van der Waals surface area contributed by atoms with E-state index in [1.807, 2.05) is 0 Å². The molecule has 0 bridgehead atoms. The third-order valence-electron chi connectivity index (χ3n) is 2.60. The normalized spacial score (nSPS) is 26.5. The Morgan fingerprint density at radius 1 is 1.67 bits per heavy atom. The quantitative estimate of drug-likeness (QED) is 0.729. The number of likely N-dealkylation sites (tertiary alicyclic amines) is 1. The first kappa shape index (κ1) is 12.1. The molecular formula is C10H16FNO3. The van der Waals surface area contributed by atoms with Gasteiger partial charge in [-0.05, 0) is 0 Å². The molecule has 1 fully saturated rings. The maximum atomic E-state index is 13.1. The highest BCUT2D eigenvalue weighted by molar-refractivity contribution is 5.95. The summed E-state index contributed by atoms with van der Waals surface area (Å²) >= 11 is 0. The topological polar surface area (TPSA) is 57.6 Å². The average molecular weight is 217 g/mol. The lowest BCUT2D eigenvalue weighted by Crippen LogP contribution is -2.42. The van der Waals surface area contributed by atoms with Crippen LogP contribution < -0.4 is 0 Å². The highest BCUT2D eigenvalue weighted by atomic mass is 19.1. The van der Waals surface area contributed by atoms with Crippen LogP contribution in [-0.2, 0) is 9.59 Å². The molecule has 1 aliphatic heterocycles. The number of β-amino-alcohol motifs (C(OH)–C–C–N with tert-alkyl or cyclic N) is 1. The van der Waals surface area contributed by atoms with Crippen LogP contribution in [0.4, 0.5) is 4.39 Å². The first-order valence-electron chi connectivity index (χ1n) is 5.08. The molecule has 86 valence electrons. The summed E-state index contributed by atoms with van der Waals surface area (Å²) in [5.41, 5.74) is 0. The SMILES string of the molecule is CC(C)C(=O)[C@@H]1C[C@@H](F)C(=O)N1CCO. The van der Waals surface area contributed by atoms with Crippen molar-refractivity contribution in [2.75, 3.05) is 13.2 Å². The summed E-state index contributed by atoms with van der Waals surface area (Å²) < 4.78 is 13.1. The molecule has 0 aromatic rings. The monoisotopic (exact) mass is 217 g/mol. The Morgan fingerprint density at radius 2 is 2.27 bits per heavy atom. The molecule has 1 aliphatic rings. The number of halogens is 1. The molecule has 0 radical (unpaired) electrons. The number of ketones is 1. The first-order valence-corrected chi connectivity index (χ1v) is 5.08. The first-order chi connectivity index (χ1) is 6.99. The molecule has 1 rings (SSSR count). The number of hydrogen-bond donors (Lipinski definition) is 1. The lowest BCUT2D eigenvalue weighted by Gasteiger charge is -2.23. The molecule has 2 atom stereocenters. The van der Waals surface area contributed by atoms with Gasteiger partial charge in [-0.25, -0.2) is 4.39 Å². The minimum atomic E-state index is -1.59. The van der Waals surface area contributed by atoms with Gasteiger partial charge in [-0.3, -0.25) is 9.59 Å². The van der Waals surface area contributed by atoms with Crippen LogP contribution in [0, 0.1) is 5.92 Å². The number of rotatable bonds is 4. The van der Waals surface area contributed by atoms with E-state index >= 15 is 0 Å². The number of aliphatic hydroxyl groups is 1. The van der Waals surface area contributed by atoms with Gasteiger partial charge < -0.3 is 10.0 Å². The van der Waals surface area contributed by atoms with Crippen molar-refractivity contribution < 1.29 is 19.1 Å². The summed E-state index contributed by atoms with van der Waals surface area (Å²) in [4.78, 5) is 24.1. The Kier molecular flexibility index (Phi) is 3.79. The van der Waals surface area contributed by atoms with Gasteiger partial charge in [-0.2, -0.15) is 0 Å². The van der Waals surface area contributed by atoms with E-state index in [4.69, 9.17) is 5.11 Å². The molecule has 0 spiro atoms. The average Bonchev–Trinajstić information content (AvgIpc) is 2.45. The molecule has 1 N–H and O–H groups in total. The number of amides is 1. The zero-order valence-electron chi connectivity index (χ0n) is 8.94. The van der Waals surface area contributed by atoms with E-state index < -0.39 is 18.1 Å². The Hall–Kier alpha value is -0.970. The van der Waals surface area contributed by atoms with Crippen LogP contribution in [0.25, 0.3) is 0 Å². The predicted molar refractivity (Wildman–Crippen MR) is 51.9 cm³/mol. The van der Waals surface area contributed by atoms with Gasteiger partial charge in [0.25, 0.3) is 5.91 Å². The van der Waals surface area contributed by atoms with Gasteiger partial charge in [-0.1, -0.05) is 13.8 Å². The van der Waals surface area contributed by atoms with Crippen molar-refractivity contribution in [3.05, 3.63) is 0 Å². The van der Waals surface area contributed by atoms with Crippen molar-refractivity contribution in [3.63, 3.8) is 0 Å². The molecule has 1 amide bonds. The van der Waals surface area contributed by atoms with E-state index in [0.717, 1.165) is 4.90 Å². The third-order valence-corrected chi connectivity index (χ3v) is 2.60. The highest BCUT2D eigenvalue weighted by Crippen LogP contribution is 2.24. The van der Waals surface area contributed by atoms with Crippen LogP contribution in [0.3, 0.4) is 0 Å². The maximum Gasteiger partial charge on any atom is 0.257 e. The Bertz CT molecular complexity index is 267. The van der Waals surface area contributed by atoms with Crippen LogP contribution in [0.15, 0.2) is 0 Å². The fraction of sp³-hybridized carbons (Fsp3) is 0.800. The van der Waals surface area contributed by atoms with E-state index in [2.05, 4.69) is 0 Å². The molecule has 15 heavy (non-hydrogen) atoms. The highest BCUT2D eigenvalue weighted by Gasteiger charge is 2.43. The summed E-state index contributed by atoms with van der Waals surface area (Å²) in [6.07, 6.45) is -1.67. The second-order valence-electron chi connectivity index (χ2n) is 4.03. The van der Waals surface area contributed by atoms with Gasteiger partial charge in [0, 0.05) is 18.9 Å². The number of nitrogens with zero attached hydrogens (tertiary/aromatic N) is 1. The maximum absolute atomic E-state index is 13.1. The van der Waals surface area contributed by atoms with Gasteiger partial charge in [0.15, 0.2) is 12.0 Å². The predicted octanol–water partition coefficient (Wildman–Crippen LogP) is 0.143. The van der Waals surface area contributed by atoms with Gasteiger partial charge in [-0.15, -0.1) is 0 Å². The summed E-state index contributed by atoms with van der Waals surface area (Å²) in [6, 6.07) is -0.695. The molecule has 0 aromatic heterocycles. The number of carbonyl (C=O) groups is 2. The Morgan fingerprint density at radius 3 is 2.73 bits per heavy atom. The fourth-order valence-electron chi connectivity index (χ4n) is 1.79. The smallest absolute Gasteiger partial charge is 0.257 e. The number of alkyl halides is 1. The van der Waals surface area contributed by atoms with Gasteiger partial charge in [0.05, 0.1) is 12.6 Å². The number of Topliss-reactive ketones (excluding diaryl/α,β-unsaturated/α-hetero) is 1. The van der Waals surface area contributed by atoms with Crippen LogP contribution in [-0.4, -0.2) is 47.1 Å². The Labute approximate surface area is 88.1 Å². The molecule has 0 saturated carbocycles. The number of hydrogen-bond acceptors (Lipinski definition) is 3. The largest absolute Gasteiger partial charge is 0.395 e. The van der Waals surface area contributed by atoms with E-state index in [1.54, 1.807) is 13.8 Å². The molecule has 0 unspecified atom stereocenters. The Balaban J connectivity index is 2.79. The van der Waals surface area contributed by atoms with Crippen molar-refractivity contribution in [2.45, 2.75) is 32.5 Å². The van der Waals surface area contributed by atoms with Crippen molar-refractivity contribution in [2.24, 2.45) is 5.92 Å². The molecule has 1 heterocycles. The summed E-state index contributed by atoms with van der Waals surface area (Å²) in [7, 11) is 0. The van der Waals surface area contributed by atoms with Crippen LogP contribution in [0.2, 0.25) is 0 Å². The minimum Gasteiger partial charge on any atom is -0.395 e. The molecule has 1 saturated heterocycles. The standard InChI is InChI=1S/C10H16FNO3/c1-6(2)9(14)8-5-7(11)10(15)12(8)3-4-13/h6-8,13H,3-5H2,1-2H3/t7-,8+/m1/s1. The minimum absolute atomic E-state index is 0.0301. The van der Waals surface area contributed by atoms with Crippen LogP contribution in [0.5, 0.6) is 0 Å². The van der Waals surface area contributed by atoms with Crippen LogP contribution >= 0.6 is 0 Å². The zero-order chi connectivity index (χ0) is 11.6. The number of carbonyl (C=O) groups excluding carboxylic acids is 2. The van der Waals surface area contributed by atoms with Gasteiger partial charge in [0.2, 0.25) is 0 Å². The van der Waals surface area contributed by atoms with E-state index in [1.165, 1.54) is 0 Å². The fourth-order valence-corrected chi connectivity index (χ4v) is 1.79. The number of aliphatic hydroxyl groups excluding tert-OH is 1. The van der Waals surface area contributed by atoms with Crippen molar-refractivity contribution in [1.29, 1.82) is 0 Å². The lowest BCUT2D eigenvalue weighted by atomic mass is 10.00. The molecular weight excluding hydrogens is 201 g/mol. The molecule has 4 nitrogen and oxygen atoms in total. The van der Waals surface area contributed by atoms with Gasteiger partial charge >= 0.3 is 0 Å². The summed E-state index contributed by atoms with van der Waals surface area (Å²) in [5, 5.41) is 8.74.